The molecule has 3 aromatic rings. The van der Waals surface area contributed by atoms with E-state index in [0.717, 1.165) is 22.0 Å². The molecule has 33 heavy (non-hydrogen) atoms. The highest BCUT2D eigenvalue weighted by atomic mass is 16.5. The number of aromatic nitrogens is 1. The molecule has 6 heteroatoms. The van der Waals surface area contributed by atoms with Gasteiger partial charge in [0.2, 0.25) is 5.91 Å². The zero-order chi connectivity index (χ0) is 23.1. The maximum absolute atomic E-state index is 13.9. The molecule has 0 spiro atoms. The summed E-state index contributed by atoms with van der Waals surface area (Å²) in [4.78, 5) is 31.4. The molecular formula is C27H31N3O3. The Balaban J connectivity index is 1.66. The number of aryl methyl sites for hydroxylation is 1. The van der Waals surface area contributed by atoms with Gasteiger partial charge in [0.25, 0.3) is 5.91 Å². The first-order valence-electron chi connectivity index (χ1n) is 11.8. The highest BCUT2D eigenvalue weighted by Crippen LogP contribution is 2.43. The van der Waals surface area contributed by atoms with Crippen LogP contribution in [-0.2, 0) is 16.6 Å². The van der Waals surface area contributed by atoms with Crippen molar-refractivity contribution in [1.29, 1.82) is 0 Å². The molecule has 3 heterocycles. The lowest BCUT2D eigenvalue weighted by atomic mass is 9.95. The fraction of sp³-hybridized carbons (Fsp3) is 0.407. The number of carbonyl (C=O) groups excluding carboxylic acids is 2. The molecule has 2 unspecified atom stereocenters. The first-order valence-corrected chi connectivity index (χ1v) is 11.8. The molecule has 2 aromatic carbocycles. The van der Waals surface area contributed by atoms with Crippen molar-refractivity contribution in [1.82, 2.24) is 14.4 Å². The van der Waals surface area contributed by atoms with Gasteiger partial charge in [-0.2, -0.15) is 0 Å². The van der Waals surface area contributed by atoms with Gasteiger partial charge < -0.3 is 19.1 Å². The van der Waals surface area contributed by atoms with Crippen LogP contribution in [0.4, 0.5) is 0 Å². The number of hydrogen-bond donors (Lipinski definition) is 0. The maximum Gasteiger partial charge on any atom is 0.255 e. The summed E-state index contributed by atoms with van der Waals surface area (Å²) in [7, 11) is 2.03. The number of rotatable bonds is 5. The smallest absolute Gasteiger partial charge is 0.255 e. The number of hydrogen-bond acceptors (Lipinski definition) is 3. The van der Waals surface area contributed by atoms with Gasteiger partial charge in [0.1, 0.15) is 6.04 Å². The van der Waals surface area contributed by atoms with Gasteiger partial charge >= 0.3 is 0 Å². The molecule has 2 aliphatic heterocycles. The summed E-state index contributed by atoms with van der Waals surface area (Å²) in [5, 5.41) is 1.11. The average Bonchev–Trinajstić information content (AvgIpc) is 3.32. The third-order valence-electron chi connectivity index (χ3n) is 6.86. The normalized spacial score (nSPS) is 19.4. The SMILES string of the molecule is CC(C)CC(C(=O)N1CCOCC1)N1C(=O)c2ccccc2C1c1cn(C)c2ccccc12. The predicted octanol–water partition coefficient (Wildman–Crippen LogP) is 4.00. The number of benzene rings is 2. The Hall–Kier alpha value is -3.12. The van der Waals surface area contributed by atoms with E-state index in [1.165, 1.54) is 0 Å². The Labute approximate surface area is 194 Å². The monoisotopic (exact) mass is 445 g/mol. The third kappa shape index (κ3) is 3.72. The topological polar surface area (TPSA) is 54.8 Å². The molecule has 0 N–H and O–H groups in total. The standard InChI is InChI=1S/C27H31N3O3/c1-18(2)16-24(27(32)29-12-14-33-15-13-29)30-25(20-9-4-5-10-21(20)26(30)31)22-17-28(3)23-11-7-6-8-19(22)23/h4-11,17-18,24-25H,12-16H2,1-3H3. The van der Waals surface area contributed by atoms with Crippen molar-refractivity contribution in [3.8, 4) is 0 Å². The fourth-order valence-electron chi connectivity index (χ4n) is 5.34. The lowest BCUT2D eigenvalue weighted by molar-refractivity contribution is -0.141. The number of fused-ring (bicyclic) bond motifs is 2. The van der Waals surface area contributed by atoms with Crippen molar-refractivity contribution in [2.24, 2.45) is 13.0 Å². The van der Waals surface area contributed by atoms with Crippen LogP contribution in [0.25, 0.3) is 10.9 Å². The van der Waals surface area contributed by atoms with Crippen LogP contribution in [0.15, 0.2) is 54.7 Å². The summed E-state index contributed by atoms with van der Waals surface area (Å²) in [5.74, 6) is 0.235. The molecule has 5 rings (SSSR count). The van der Waals surface area contributed by atoms with Crippen molar-refractivity contribution < 1.29 is 14.3 Å². The first-order chi connectivity index (χ1) is 16.0. The molecule has 0 saturated carbocycles. The van der Waals surface area contributed by atoms with Gasteiger partial charge in [-0.3, -0.25) is 9.59 Å². The van der Waals surface area contributed by atoms with E-state index in [9.17, 15) is 9.59 Å². The van der Waals surface area contributed by atoms with Crippen LogP contribution in [0.2, 0.25) is 0 Å². The molecule has 0 aliphatic carbocycles. The molecule has 0 radical (unpaired) electrons. The van der Waals surface area contributed by atoms with Gasteiger partial charge in [0, 0.05) is 48.4 Å². The van der Waals surface area contributed by atoms with Crippen LogP contribution in [0.3, 0.4) is 0 Å². The Morgan fingerprint density at radius 2 is 1.73 bits per heavy atom. The van der Waals surface area contributed by atoms with E-state index < -0.39 is 6.04 Å². The number of carbonyl (C=O) groups is 2. The van der Waals surface area contributed by atoms with Crippen LogP contribution in [0, 0.1) is 5.92 Å². The molecule has 1 saturated heterocycles. The lowest BCUT2D eigenvalue weighted by Crippen LogP contribution is -2.53. The van der Waals surface area contributed by atoms with E-state index in [4.69, 9.17) is 4.74 Å². The number of ether oxygens (including phenoxy) is 1. The zero-order valence-electron chi connectivity index (χ0n) is 19.5. The Morgan fingerprint density at radius 1 is 1.03 bits per heavy atom. The largest absolute Gasteiger partial charge is 0.378 e. The van der Waals surface area contributed by atoms with E-state index in [1.54, 1.807) is 0 Å². The van der Waals surface area contributed by atoms with Crippen LogP contribution >= 0.6 is 0 Å². The van der Waals surface area contributed by atoms with Crippen LogP contribution in [0.1, 0.15) is 47.8 Å². The Bertz CT molecular complexity index is 1190. The fourth-order valence-corrected chi connectivity index (χ4v) is 5.34. The molecule has 2 amide bonds. The highest BCUT2D eigenvalue weighted by molar-refractivity contribution is 6.03. The van der Waals surface area contributed by atoms with Crippen molar-refractivity contribution in [3.63, 3.8) is 0 Å². The van der Waals surface area contributed by atoms with Gasteiger partial charge in [-0.05, 0) is 30.0 Å². The van der Waals surface area contributed by atoms with Crippen molar-refractivity contribution >= 4 is 22.7 Å². The maximum atomic E-state index is 13.9. The Morgan fingerprint density at radius 3 is 2.48 bits per heavy atom. The van der Waals surface area contributed by atoms with Crippen LogP contribution in [-0.4, -0.2) is 58.5 Å². The summed E-state index contributed by atoms with van der Waals surface area (Å²) in [6.07, 6.45) is 2.74. The molecular weight excluding hydrogens is 414 g/mol. The summed E-state index contributed by atoms with van der Waals surface area (Å²) in [5.41, 5.74) is 3.85. The summed E-state index contributed by atoms with van der Waals surface area (Å²) >= 11 is 0. The molecule has 1 fully saturated rings. The second-order valence-corrected chi connectivity index (χ2v) is 9.50. The molecule has 6 nitrogen and oxygen atoms in total. The van der Waals surface area contributed by atoms with Gasteiger partial charge in [-0.25, -0.2) is 0 Å². The number of morpholine rings is 1. The van der Waals surface area contributed by atoms with Crippen molar-refractivity contribution in [3.05, 3.63) is 71.4 Å². The van der Waals surface area contributed by atoms with Crippen molar-refractivity contribution in [2.45, 2.75) is 32.4 Å². The van der Waals surface area contributed by atoms with Crippen molar-refractivity contribution in [2.75, 3.05) is 26.3 Å². The minimum atomic E-state index is -0.521. The summed E-state index contributed by atoms with van der Waals surface area (Å²) < 4.78 is 7.58. The van der Waals surface area contributed by atoms with Gasteiger partial charge in [0.15, 0.2) is 0 Å². The van der Waals surface area contributed by atoms with Gasteiger partial charge in [0.05, 0.1) is 19.3 Å². The van der Waals surface area contributed by atoms with Crippen LogP contribution < -0.4 is 0 Å². The van der Waals surface area contributed by atoms with Gasteiger partial charge in [-0.15, -0.1) is 0 Å². The number of amides is 2. The second-order valence-electron chi connectivity index (χ2n) is 9.50. The van der Waals surface area contributed by atoms with E-state index in [0.29, 0.717) is 38.3 Å². The quantitative estimate of drug-likeness (QED) is 0.597. The third-order valence-corrected chi connectivity index (χ3v) is 6.86. The van der Waals surface area contributed by atoms with Crippen LogP contribution in [0.5, 0.6) is 0 Å². The molecule has 2 atom stereocenters. The number of nitrogens with zero attached hydrogens (tertiary/aromatic N) is 3. The average molecular weight is 446 g/mol. The summed E-state index contributed by atoms with van der Waals surface area (Å²) in [6, 6.07) is 15.3. The molecule has 0 bridgehead atoms. The predicted molar refractivity (Wildman–Crippen MR) is 128 cm³/mol. The lowest BCUT2D eigenvalue weighted by Gasteiger charge is -2.38. The van der Waals surface area contributed by atoms with E-state index >= 15 is 0 Å². The second kappa shape index (κ2) is 8.67. The molecule has 172 valence electrons. The highest BCUT2D eigenvalue weighted by Gasteiger charge is 2.45. The first kappa shape index (κ1) is 21.7. The molecule has 1 aromatic heterocycles. The molecule has 2 aliphatic rings. The summed E-state index contributed by atoms with van der Waals surface area (Å²) in [6.45, 7) is 6.45. The Kier molecular flexibility index (Phi) is 5.71. The minimum Gasteiger partial charge on any atom is -0.378 e. The van der Waals surface area contributed by atoms with E-state index in [1.807, 2.05) is 53.2 Å². The zero-order valence-corrected chi connectivity index (χ0v) is 19.5. The van der Waals surface area contributed by atoms with Gasteiger partial charge in [-0.1, -0.05) is 50.2 Å². The van der Waals surface area contributed by atoms with E-state index in [-0.39, 0.29) is 23.8 Å². The number of para-hydroxylation sites is 1. The minimum absolute atomic E-state index is 0.0263. The van der Waals surface area contributed by atoms with E-state index in [2.05, 4.69) is 36.7 Å².